The minimum atomic E-state index is -4.27. The van der Waals surface area contributed by atoms with Gasteiger partial charge in [-0.3, -0.25) is 4.90 Å². The summed E-state index contributed by atoms with van der Waals surface area (Å²) in [5.74, 6) is 0.800. The number of hydrogen-bond donors (Lipinski definition) is 0. The summed E-state index contributed by atoms with van der Waals surface area (Å²) in [6.45, 7) is 4.12. The summed E-state index contributed by atoms with van der Waals surface area (Å²) in [5, 5.41) is 0. The highest BCUT2D eigenvalue weighted by molar-refractivity contribution is 7.85. The van der Waals surface area contributed by atoms with Crippen molar-refractivity contribution in [1.29, 1.82) is 0 Å². The van der Waals surface area contributed by atoms with Crippen molar-refractivity contribution in [3.63, 3.8) is 0 Å². The first-order valence-corrected chi connectivity index (χ1v) is 13.6. The number of nitrogens with zero attached hydrogens (tertiary/aromatic N) is 1. The van der Waals surface area contributed by atoms with Crippen LogP contribution in [0.5, 0.6) is 17.2 Å². The van der Waals surface area contributed by atoms with Crippen LogP contribution in [0.15, 0.2) is 71.6 Å². The smallest absolute Gasteiger partial charge is 0.338 e. The lowest BCUT2D eigenvalue weighted by Crippen LogP contribution is -2.45. The Morgan fingerprint density at radius 2 is 1.44 bits per heavy atom. The molecule has 0 aliphatic rings. The van der Waals surface area contributed by atoms with Crippen molar-refractivity contribution in [2.24, 2.45) is 0 Å². The van der Waals surface area contributed by atoms with Gasteiger partial charge in [0.1, 0.15) is 16.7 Å². The van der Waals surface area contributed by atoms with Gasteiger partial charge in [0, 0.05) is 0 Å². The maximum Gasteiger partial charge on any atom is 0.338 e. The highest BCUT2D eigenvalue weighted by atomic mass is 32.2. The van der Waals surface area contributed by atoms with Gasteiger partial charge >= 0.3 is 5.97 Å². The van der Waals surface area contributed by atoms with E-state index in [1.807, 2.05) is 39.2 Å². The standard InChI is InChI=1S/C22H29NO5.C7H8O3S/c1-7-22(23(2)3,17-11-9-8-10-12-17)15-28-21(24)16-13-18(25-4)20(27-6)19(14-16)26-5;1-6-2-4-7(5-3-6)11(8,9)10/h8-14H,7,15H2,1-6H3;2-5H,1H3,(H,8,9,10)/p-1. The molecule has 0 amide bonds. The molecule has 39 heavy (non-hydrogen) atoms. The van der Waals surface area contributed by atoms with Crippen molar-refractivity contribution < 1.29 is 36.7 Å². The highest BCUT2D eigenvalue weighted by Gasteiger charge is 2.34. The van der Waals surface area contributed by atoms with Gasteiger partial charge in [0.25, 0.3) is 0 Å². The van der Waals surface area contributed by atoms with Crippen LogP contribution >= 0.6 is 0 Å². The van der Waals surface area contributed by atoms with E-state index in [0.717, 1.165) is 17.5 Å². The molecule has 0 heterocycles. The second kappa shape index (κ2) is 14.0. The molecule has 10 heteroatoms. The van der Waals surface area contributed by atoms with Gasteiger partial charge in [-0.05, 0) is 57.3 Å². The number of carbonyl (C=O) groups is 1. The molecule has 3 aromatic rings. The molecule has 1 unspecified atom stereocenters. The Morgan fingerprint density at radius 1 is 0.897 bits per heavy atom. The Morgan fingerprint density at radius 3 is 1.85 bits per heavy atom. The molecule has 0 saturated heterocycles. The molecule has 3 rings (SSSR count). The van der Waals surface area contributed by atoms with Crippen molar-refractivity contribution in [2.45, 2.75) is 30.7 Å². The first-order valence-electron chi connectivity index (χ1n) is 12.2. The molecule has 0 fully saturated rings. The van der Waals surface area contributed by atoms with E-state index < -0.39 is 21.6 Å². The molecule has 1 atom stereocenters. The van der Waals surface area contributed by atoms with E-state index in [4.69, 9.17) is 18.9 Å². The van der Waals surface area contributed by atoms with E-state index in [1.165, 1.54) is 33.5 Å². The van der Waals surface area contributed by atoms with Crippen LogP contribution in [0.3, 0.4) is 0 Å². The minimum absolute atomic E-state index is 0.178. The summed E-state index contributed by atoms with van der Waals surface area (Å²) in [6.07, 6.45) is 0.784. The van der Waals surface area contributed by atoms with Crippen molar-refractivity contribution in [1.82, 2.24) is 4.90 Å². The van der Waals surface area contributed by atoms with E-state index in [1.54, 1.807) is 24.3 Å². The van der Waals surface area contributed by atoms with Gasteiger partial charge in [0.05, 0.1) is 37.3 Å². The van der Waals surface area contributed by atoms with E-state index in [-0.39, 0.29) is 11.5 Å². The van der Waals surface area contributed by atoms with Crippen LogP contribution in [-0.2, 0) is 20.4 Å². The molecule has 0 spiro atoms. The third-order valence-electron chi connectivity index (χ3n) is 6.40. The number of carbonyl (C=O) groups excluding carboxylic acids is 1. The van der Waals surface area contributed by atoms with Crippen LogP contribution in [-0.4, -0.2) is 65.9 Å². The number of benzene rings is 3. The summed E-state index contributed by atoms with van der Waals surface area (Å²) in [6, 6.07) is 19.0. The maximum atomic E-state index is 12.8. The number of methoxy groups -OCH3 is 3. The second-order valence-electron chi connectivity index (χ2n) is 8.90. The first-order chi connectivity index (χ1) is 18.4. The zero-order valence-corrected chi connectivity index (χ0v) is 24.2. The van der Waals surface area contributed by atoms with Crippen molar-refractivity contribution >= 4 is 16.1 Å². The lowest BCUT2D eigenvalue weighted by Gasteiger charge is -2.39. The molecule has 0 aromatic heterocycles. The molecular weight excluding hydrogens is 522 g/mol. The largest absolute Gasteiger partial charge is 0.744 e. The zero-order valence-electron chi connectivity index (χ0n) is 23.4. The summed E-state index contributed by atoms with van der Waals surface area (Å²) < 4.78 is 52.9. The lowest BCUT2D eigenvalue weighted by molar-refractivity contribution is 0.0119. The van der Waals surface area contributed by atoms with Crippen LogP contribution in [0.2, 0.25) is 0 Å². The Hall–Kier alpha value is -3.60. The number of ether oxygens (including phenoxy) is 4. The van der Waals surface area contributed by atoms with Crippen LogP contribution in [0.25, 0.3) is 0 Å². The van der Waals surface area contributed by atoms with Crippen molar-refractivity contribution in [3.05, 3.63) is 83.4 Å². The molecule has 0 bridgehead atoms. The fourth-order valence-corrected chi connectivity index (χ4v) is 4.48. The fraction of sp³-hybridized carbons (Fsp3) is 0.345. The number of likely N-dealkylation sites (N-methyl/N-ethyl adjacent to an activating group) is 1. The van der Waals surface area contributed by atoms with Crippen LogP contribution < -0.4 is 14.2 Å². The van der Waals surface area contributed by atoms with E-state index in [9.17, 15) is 17.8 Å². The number of esters is 1. The minimum Gasteiger partial charge on any atom is -0.744 e. The molecule has 0 aliphatic heterocycles. The summed E-state index contributed by atoms with van der Waals surface area (Å²) in [7, 11) is 4.25. The average Bonchev–Trinajstić information content (AvgIpc) is 2.93. The molecule has 0 saturated carbocycles. The average molecular weight is 559 g/mol. The Balaban J connectivity index is 0.000000404. The molecular formula is C29H36NO8S-. The van der Waals surface area contributed by atoms with Gasteiger partial charge in [-0.1, -0.05) is 55.0 Å². The highest BCUT2D eigenvalue weighted by Crippen LogP contribution is 2.38. The quantitative estimate of drug-likeness (QED) is 0.259. The molecule has 0 N–H and O–H groups in total. The number of aryl methyl sites for hydroxylation is 1. The summed E-state index contributed by atoms with van der Waals surface area (Å²) in [4.78, 5) is 14.7. The number of hydrogen-bond acceptors (Lipinski definition) is 9. The van der Waals surface area contributed by atoms with Gasteiger partial charge in [0.2, 0.25) is 5.75 Å². The van der Waals surface area contributed by atoms with Gasteiger partial charge in [-0.15, -0.1) is 0 Å². The van der Waals surface area contributed by atoms with Gasteiger partial charge < -0.3 is 23.5 Å². The predicted molar refractivity (Wildman–Crippen MR) is 148 cm³/mol. The van der Waals surface area contributed by atoms with Crippen molar-refractivity contribution in [3.8, 4) is 17.2 Å². The fourth-order valence-electron chi connectivity index (χ4n) is 4.01. The third-order valence-corrected chi connectivity index (χ3v) is 7.25. The van der Waals surface area contributed by atoms with Crippen LogP contribution in [0.1, 0.15) is 34.8 Å². The van der Waals surface area contributed by atoms with Gasteiger partial charge in [0.15, 0.2) is 11.5 Å². The SMILES string of the molecule is CCC(COC(=O)c1cc(OC)c(OC)c(OC)c1)(c1ccccc1)N(C)C.Cc1ccc(S(=O)(=O)[O-])cc1. The zero-order chi connectivity index (χ0) is 29.2. The monoisotopic (exact) mass is 558 g/mol. The van der Waals surface area contributed by atoms with E-state index in [2.05, 4.69) is 24.0 Å². The van der Waals surface area contributed by atoms with Gasteiger partial charge in [-0.25, -0.2) is 13.2 Å². The summed E-state index contributed by atoms with van der Waals surface area (Å²) >= 11 is 0. The van der Waals surface area contributed by atoms with Crippen LogP contribution in [0.4, 0.5) is 0 Å². The van der Waals surface area contributed by atoms with Gasteiger partial charge in [-0.2, -0.15) is 0 Å². The van der Waals surface area contributed by atoms with Crippen LogP contribution in [0, 0.1) is 6.92 Å². The maximum absolute atomic E-state index is 12.8. The lowest BCUT2D eigenvalue weighted by atomic mass is 9.87. The predicted octanol–water partition coefficient (Wildman–Crippen LogP) is 4.64. The topological polar surface area (TPSA) is 114 Å². The normalized spacial score (nSPS) is 12.5. The molecule has 3 aromatic carbocycles. The van der Waals surface area contributed by atoms with E-state index in [0.29, 0.717) is 22.8 Å². The Bertz CT molecular complexity index is 1300. The molecule has 0 radical (unpaired) electrons. The molecule has 0 aliphatic carbocycles. The Labute approximate surface area is 231 Å². The molecule has 9 nitrogen and oxygen atoms in total. The van der Waals surface area contributed by atoms with E-state index >= 15 is 0 Å². The molecule has 212 valence electrons. The second-order valence-corrected chi connectivity index (χ2v) is 10.3. The summed E-state index contributed by atoms with van der Waals surface area (Å²) in [5.41, 5.74) is 1.95. The Kier molecular flexibility index (Phi) is 11.3. The number of rotatable bonds is 10. The third kappa shape index (κ3) is 7.95. The van der Waals surface area contributed by atoms with Crippen molar-refractivity contribution in [2.75, 3.05) is 42.0 Å². The first kappa shape index (κ1) is 31.6.